The molecule has 0 atom stereocenters. The molecule has 32 heavy (non-hydrogen) atoms. The smallest absolute Gasteiger partial charge is 0.155 e. The molecule has 0 amide bonds. The third-order valence-corrected chi connectivity index (χ3v) is 6.14. The van der Waals surface area contributed by atoms with E-state index in [1.54, 1.807) is 4.52 Å². The van der Waals surface area contributed by atoms with Crippen LogP contribution in [0, 0.1) is 6.92 Å². The quantitative estimate of drug-likeness (QED) is 0.419. The number of hydrogen-bond acceptors (Lipinski definition) is 5. The summed E-state index contributed by atoms with van der Waals surface area (Å²) in [6.45, 7) is 3.08. The molecule has 0 aromatic carbocycles. The summed E-state index contributed by atoms with van der Waals surface area (Å²) in [4.78, 5) is 17.2. The molecule has 0 fully saturated rings. The monoisotopic (exact) mass is 465 g/mol. The van der Waals surface area contributed by atoms with Gasteiger partial charge in [0.05, 0.1) is 23.6 Å². The number of hydrogen-bond donors (Lipinski definition) is 2. The molecule has 0 saturated heterocycles. The minimum absolute atomic E-state index is 0.530. The minimum atomic E-state index is 0.530. The van der Waals surface area contributed by atoms with Gasteiger partial charge in [-0.15, -0.1) is 0 Å². The van der Waals surface area contributed by atoms with Crippen molar-refractivity contribution in [3.05, 3.63) is 76.1 Å². The van der Waals surface area contributed by atoms with Crippen LogP contribution in [0.1, 0.15) is 24.4 Å². The number of fused-ring (bicyclic) bond motifs is 1. The van der Waals surface area contributed by atoms with Crippen LogP contribution in [0.25, 0.3) is 28.3 Å². The van der Waals surface area contributed by atoms with E-state index in [1.165, 1.54) is 6.33 Å². The molecule has 0 aliphatic heterocycles. The lowest BCUT2D eigenvalue weighted by molar-refractivity contribution is 0.709. The molecule has 1 aliphatic rings. The van der Waals surface area contributed by atoms with Crippen LogP contribution in [0.15, 0.2) is 64.6 Å². The maximum absolute atomic E-state index is 6.37. The molecule has 0 saturated carbocycles. The fourth-order valence-electron chi connectivity index (χ4n) is 3.76. The molecule has 162 valence electrons. The van der Waals surface area contributed by atoms with E-state index in [0.29, 0.717) is 13.1 Å². The van der Waals surface area contributed by atoms with Crippen molar-refractivity contribution in [2.24, 2.45) is 0 Å². The van der Waals surface area contributed by atoms with Crippen LogP contribution >= 0.6 is 23.2 Å². The molecule has 0 unspecified atom stereocenters. The zero-order valence-electron chi connectivity index (χ0n) is 17.4. The highest BCUT2D eigenvalue weighted by Gasteiger charge is 2.17. The number of rotatable bonds is 6. The van der Waals surface area contributed by atoms with Crippen LogP contribution in [-0.4, -0.2) is 36.1 Å². The molecule has 9 heteroatoms. The number of H-pyrrole nitrogens is 1. The second-order valence-corrected chi connectivity index (χ2v) is 8.49. The van der Waals surface area contributed by atoms with Crippen LogP contribution < -0.4 is 5.32 Å². The van der Waals surface area contributed by atoms with E-state index in [2.05, 4.69) is 20.4 Å². The highest BCUT2D eigenvalue weighted by atomic mass is 35.5. The van der Waals surface area contributed by atoms with Gasteiger partial charge in [-0.1, -0.05) is 35.3 Å². The van der Waals surface area contributed by atoms with Crippen LogP contribution in [0.2, 0.25) is 0 Å². The van der Waals surface area contributed by atoms with Crippen LogP contribution in [-0.2, 0) is 6.54 Å². The van der Waals surface area contributed by atoms with Gasteiger partial charge in [-0.05, 0) is 49.6 Å². The highest BCUT2D eigenvalue weighted by Crippen LogP contribution is 2.31. The van der Waals surface area contributed by atoms with E-state index < -0.39 is 0 Å². The Bertz CT molecular complexity index is 1350. The largest absolute Gasteiger partial charge is 0.339 e. The summed E-state index contributed by atoms with van der Waals surface area (Å²) < 4.78 is 1.74. The third kappa shape index (κ3) is 4.19. The van der Waals surface area contributed by atoms with Gasteiger partial charge in [0.25, 0.3) is 0 Å². The van der Waals surface area contributed by atoms with Gasteiger partial charge in [-0.3, -0.25) is 4.98 Å². The molecule has 5 rings (SSSR count). The number of nitrogens with zero attached hydrogens (tertiary/aromatic N) is 5. The number of halogens is 2. The van der Waals surface area contributed by atoms with Crippen LogP contribution in [0.3, 0.4) is 0 Å². The molecule has 0 spiro atoms. The number of imidazole rings is 1. The average Bonchev–Trinajstić information content (AvgIpc) is 3.42. The molecule has 0 radical (unpaired) electrons. The summed E-state index contributed by atoms with van der Waals surface area (Å²) in [5.41, 5.74) is 6.10. The SMILES string of the molecule is Cc1cccc(-c2[nH]c(CNCC3=C(Cl)CCC=C3Cl)nc2-c2ccc3ncnn3c2)n1. The summed E-state index contributed by atoms with van der Waals surface area (Å²) in [7, 11) is 0. The lowest BCUT2D eigenvalue weighted by Gasteiger charge is -2.14. The Morgan fingerprint density at radius 2 is 2.03 bits per heavy atom. The number of allylic oxidation sites excluding steroid dienone is 2. The van der Waals surface area contributed by atoms with E-state index in [9.17, 15) is 0 Å². The second kappa shape index (κ2) is 8.86. The van der Waals surface area contributed by atoms with Crippen molar-refractivity contribution >= 4 is 28.8 Å². The van der Waals surface area contributed by atoms with Gasteiger partial charge in [0.1, 0.15) is 12.2 Å². The maximum atomic E-state index is 6.37. The fourth-order valence-corrected chi connectivity index (χ4v) is 4.37. The normalized spacial score (nSPS) is 14.3. The summed E-state index contributed by atoms with van der Waals surface area (Å²) in [6, 6.07) is 9.86. The summed E-state index contributed by atoms with van der Waals surface area (Å²) in [5.74, 6) is 0.796. The standard InChI is InChI=1S/C23H21Cl2N7/c1-14-4-2-7-19(29-14)23-22(15-8-9-21-27-13-28-32(21)12-15)30-20(31-23)11-26-10-16-17(24)5-3-6-18(16)25/h2,4-5,7-9,12-13,26H,3,6,10-11H2,1H3,(H,30,31). The summed E-state index contributed by atoms with van der Waals surface area (Å²) >= 11 is 12.7. The molecule has 4 aromatic heterocycles. The number of nitrogens with one attached hydrogen (secondary N) is 2. The summed E-state index contributed by atoms with van der Waals surface area (Å²) in [5, 5.41) is 9.19. The Morgan fingerprint density at radius 1 is 1.12 bits per heavy atom. The molecule has 4 heterocycles. The predicted molar refractivity (Wildman–Crippen MR) is 126 cm³/mol. The number of aromatic amines is 1. The number of aryl methyl sites for hydroxylation is 1. The van der Waals surface area contributed by atoms with E-state index in [-0.39, 0.29) is 0 Å². The molecular formula is C23H21Cl2N7. The molecule has 4 aromatic rings. The van der Waals surface area contributed by atoms with Gasteiger partial charge in [0.15, 0.2) is 5.65 Å². The van der Waals surface area contributed by atoms with Crippen molar-refractivity contribution in [2.45, 2.75) is 26.3 Å². The first-order valence-corrected chi connectivity index (χ1v) is 11.1. The molecular weight excluding hydrogens is 445 g/mol. The lowest BCUT2D eigenvalue weighted by Crippen LogP contribution is -2.19. The summed E-state index contributed by atoms with van der Waals surface area (Å²) in [6.07, 6.45) is 7.18. The first-order valence-electron chi connectivity index (χ1n) is 10.4. The zero-order valence-corrected chi connectivity index (χ0v) is 19.0. The van der Waals surface area contributed by atoms with Gasteiger partial charge >= 0.3 is 0 Å². The third-order valence-electron chi connectivity index (χ3n) is 5.34. The van der Waals surface area contributed by atoms with Gasteiger partial charge in [0, 0.05) is 34.1 Å². The topological polar surface area (TPSA) is 83.8 Å². The van der Waals surface area contributed by atoms with Crippen molar-refractivity contribution in [2.75, 3.05) is 6.54 Å². The number of pyridine rings is 2. The van der Waals surface area contributed by atoms with Gasteiger partial charge < -0.3 is 10.3 Å². The van der Waals surface area contributed by atoms with E-state index in [4.69, 9.17) is 33.2 Å². The average molecular weight is 466 g/mol. The Hall–Kier alpha value is -3.00. The maximum Gasteiger partial charge on any atom is 0.155 e. The Labute approximate surface area is 195 Å². The Morgan fingerprint density at radius 3 is 2.88 bits per heavy atom. The molecule has 7 nitrogen and oxygen atoms in total. The van der Waals surface area contributed by atoms with Crippen molar-refractivity contribution in [3.63, 3.8) is 0 Å². The predicted octanol–water partition coefficient (Wildman–Crippen LogP) is 4.99. The van der Waals surface area contributed by atoms with Crippen LogP contribution in [0.5, 0.6) is 0 Å². The van der Waals surface area contributed by atoms with E-state index in [0.717, 1.165) is 68.3 Å². The van der Waals surface area contributed by atoms with Crippen molar-refractivity contribution in [1.82, 2.24) is 34.9 Å². The lowest BCUT2D eigenvalue weighted by atomic mass is 10.1. The van der Waals surface area contributed by atoms with Gasteiger partial charge in [-0.2, -0.15) is 5.10 Å². The Balaban J connectivity index is 1.46. The van der Waals surface area contributed by atoms with Gasteiger partial charge in [0.2, 0.25) is 0 Å². The van der Waals surface area contributed by atoms with Crippen LogP contribution in [0.4, 0.5) is 0 Å². The minimum Gasteiger partial charge on any atom is -0.339 e. The first kappa shape index (κ1) is 20.9. The second-order valence-electron chi connectivity index (χ2n) is 7.63. The zero-order chi connectivity index (χ0) is 22.1. The molecule has 0 bridgehead atoms. The van der Waals surface area contributed by atoms with Crippen molar-refractivity contribution in [1.29, 1.82) is 0 Å². The van der Waals surface area contributed by atoms with E-state index >= 15 is 0 Å². The number of aromatic nitrogens is 6. The molecule has 2 N–H and O–H groups in total. The molecule has 1 aliphatic carbocycles. The van der Waals surface area contributed by atoms with Crippen molar-refractivity contribution in [3.8, 4) is 22.6 Å². The highest BCUT2D eigenvalue weighted by molar-refractivity contribution is 6.36. The first-order chi connectivity index (χ1) is 15.6. The van der Waals surface area contributed by atoms with Crippen molar-refractivity contribution < 1.29 is 0 Å². The van der Waals surface area contributed by atoms with E-state index in [1.807, 2.05) is 49.5 Å². The van der Waals surface area contributed by atoms with Gasteiger partial charge in [-0.25, -0.2) is 14.5 Å². The Kier molecular flexibility index (Phi) is 5.78. The fraction of sp³-hybridized carbons (Fsp3) is 0.217.